The summed E-state index contributed by atoms with van der Waals surface area (Å²) >= 11 is 3.06. The van der Waals surface area contributed by atoms with Crippen LogP contribution in [0.3, 0.4) is 0 Å². The first-order valence-electron chi connectivity index (χ1n) is 6.08. The van der Waals surface area contributed by atoms with Gasteiger partial charge < -0.3 is 10.1 Å². The van der Waals surface area contributed by atoms with E-state index in [9.17, 15) is 9.18 Å². The predicted molar refractivity (Wildman–Crippen MR) is 76.7 cm³/mol. The van der Waals surface area contributed by atoms with E-state index in [1.165, 1.54) is 12.1 Å². The van der Waals surface area contributed by atoms with Crippen LogP contribution < -0.4 is 5.32 Å². The Morgan fingerprint density at radius 1 is 1.47 bits per heavy atom. The first kappa shape index (κ1) is 16.1. The van der Waals surface area contributed by atoms with Gasteiger partial charge in [-0.25, -0.2) is 4.39 Å². The Kier molecular flexibility index (Phi) is 5.94. The molecule has 106 valence electrons. The van der Waals surface area contributed by atoms with Crippen molar-refractivity contribution in [3.8, 4) is 0 Å². The van der Waals surface area contributed by atoms with Gasteiger partial charge in [0.05, 0.1) is 4.47 Å². The summed E-state index contributed by atoms with van der Waals surface area (Å²) in [6, 6.07) is 4.34. The lowest BCUT2D eigenvalue weighted by Crippen LogP contribution is -2.34. The maximum absolute atomic E-state index is 13.3. The molecule has 0 aliphatic rings. The van der Waals surface area contributed by atoms with Crippen LogP contribution in [0.25, 0.3) is 0 Å². The first-order chi connectivity index (χ1) is 8.85. The van der Waals surface area contributed by atoms with Gasteiger partial charge in [0.15, 0.2) is 0 Å². The summed E-state index contributed by atoms with van der Waals surface area (Å²) in [6.45, 7) is 5.27. The Morgan fingerprint density at radius 3 is 2.74 bits per heavy atom. The molecular formula is C14H19BrFNO2. The van der Waals surface area contributed by atoms with Gasteiger partial charge in [-0.15, -0.1) is 0 Å². The van der Waals surface area contributed by atoms with Crippen molar-refractivity contribution < 1.29 is 13.9 Å². The van der Waals surface area contributed by atoms with Crippen molar-refractivity contribution in [1.82, 2.24) is 5.32 Å². The summed E-state index contributed by atoms with van der Waals surface area (Å²) < 4.78 is 18.7. The number of hydrogen-bond donors (Lipinski definition) is 1. The highest BCUT2D eigenvalue weighted by Gasteiger charge is 2.19. The molecule has 0 spiro atoms. The van der Waals surface area contributed by atoms with E-state index in [2.05, 4.69) is 35.1 Å². The molecular weight excluding hydrogens is 313 g/mol. The smallest absolute Gasteiger partial charge is 0.251 e. The highest BCUT2D eigenvalue weighted by Crippen LogP contribution is 2.20. The quantitative estimate of drug-likeness (QED) is 0.867. The lowest BCUT2D eigenvalue weighted by molar-refractivity contribution is 0.0920. The molecule has 0 saturated heterocycles. The average molecular weight is 332 g/mol. The molecule has 0 aliphatic heterocycles. The zero-order valence-electron chi connectivity index (χ0n) is 11.4. The van der Waals surface area contributed by atoms with Crippen molar-refractivity contribution in [3.05, 3.63) is 34.1 Å². The van der Waals surface area contributed by atoms with E-state index < -0.39 is 5.82 Å². The van der Waals surface area contributed by atoms with Crippen molar-refractivity contribution in [2.24, 2.45) is 5.41 Å². The van der Waals surface area contributed by atoms with Crippen molar-refractivity contribution in [2.75, 3.05) is 20.3 Å². The van der Waals surface area contributed by atoms with E-state index in [1.54, 1.807) is 13.2 Å². The van der Waals surface area contributed by atoms with E-state index in [1.807, 2.05) is 0 Å². The van der Waals surface area contributed by atoms with E-state index in [-0.39, 0.29) is 11.3 Å². The highest BCUT2D eigenvalue weighted by atomic mass is 79.9. The van der Waals surface area contributed by atoms with Crippen LogP contribution in [-0.2, 0) is 4.74 Å². The van der Waals surface area contributed by atoms with Gasteiger partial charge in [0.1, 0.15) is 5.82 Å². The van der Waals surface area contributed by atoms with Crippen LogP contribution in [0.15, 0.2) is 22.7 Å². The largest absolute Gasteiger partial charge is 0.385 e. The van der Waals surface area contributed by atoms with E-state index in [0.29, 0.717) is 23.2 Å². The second-order valence-corrected chi connectivity index (χ2v) is 6.07. The molecule has 1 amide bonds. The van der Waals surface area contributed by atoms with Crippen LogP contribution in [0.1, 0.15) is 30.6 Å². The van der Waals surface area contributed by atoms with Crippen LogP contribution in [0.2, 0.25) is 0 Å². The number of hydrogen-bond acceptors (Lipinski definition) is 2. The summed E-state index contributed by atoms with van der Waals surface area (Å²) in [5.41, 5.74) is 0.266. The average Bonchev–Trinajstić information content (AvgIpc) is 2.37. The number of rotatable bonds is 6. The van der Waals surface area contributed by atoms with Crippen molar-refractivity contribution in [3.63, 3.8) is 0 Å². The van der Waals surface area contributed by atoms with Gasteiger partial charge >= 0.3 is 0 Å². The Bertz CT molecular complexity index is 449. The number of methoxy groups -OCH3 is 1. The highest BCUT2D eigenvalue weighted by molar-refractivity contribution is 9.10. The minimum Gasteiger partial charge on any atom is -0.385 e. The molecule has 3 nitrogen and oxygen atoms in total. The maximum atomic E-state index is 13.3. The number of ether oxygens (including phenoxy) is 1. The van der Waals surface area contributed by atoms with E-state index in [0.717, 1.165) is 6.42 Å². The van der Waals surface area contributed by atoms with Gasteiger partial charge in [-0.2, -0.15) is 0 Å². The number of nitrogens with one attached hydrogen (secondary N) is 1. The Morgan fingerprint density at radius 2 is 2.16 bits per heavy atom. The third kappa shape index (κ3) is 5.28. The van der Waals surface area contributed by atoms with Gasteiger partial charge in [0.25, 0.3) is 5.91 Å². The lowest BCUT2D eigenvalue weighted by Gasteiger charge is -2.24. The molecule has 1 aromatic carbocycles. The molecule has 5 heteroatoms. The fourth-order valence-electron chi connectivity index (χ4n) is 1.53. The van der Waals surface area contributed by atoms with Gasteiger partial charge in [0, 0.05) is 25.8 Å². The molecule has 19 heavy (non-hydrogen) atoms. The monoisotopic (exact) mass is 331 g/mol. The molecule has 1 rings (SSSR count). The van der Waals surface area contributed by atoms with Crippen LogP contribution in [-0.4, -0.2) is 26.2 Å². The maximum Gasteiger partial charge on any atom is 0.251 e. The molecule has 0 atom stereocenters. The summed E-state index contributed by atoms with van der Waals surface area (Å²) in [5.74, 6) is -0.705. The second-order valence-electron chi connectivity index (χ2n) is 5.22. The van der Waals surface area contributed by atoms with Crippen LogP contribution in [0, 0.1) is 11.2 Å². The normalized spacial score (nSPS) is 11.4. The van der Waals surface area contributed by atoms with Gasteiger partial charge in [-0.1, -0.05) is 13.8 Å². The summed E-state index contributed by atoms with van der Waals surface area (Å²) in [5, 5.41) is 2.82. The fourth-order valence-corrected chi connectivity index (χ4v) is 1.77. The van der Waals surface area contributed by atoms with Crippen molar-refractivity contribution in [2.45, 2.75) is 20.3 Å². The Labute approximate surface area is 121 Å². The molecule has 0 aliphatic carbocycles. The van der Waals surface area contributed by atoms with Gasteiger partial charge in [0.2, 0.25) is 0 Å². The number of benzene rings is 1. The predicted octanol–water partition coefficient (Wildman–Crippen LogP) is 3.38. The van der Waals surface area contributed by atoms with Crippen LogP contribution in [0.4, 0.5) is 4.39 Å². The molecule has 0 fully saturated rings. The Balaban J connectivity index is 2.57. The van der Waals surface area contributed by atoms with E-state index in [4.69, 9.17) is 4.74 Å². The molecule has 0 heterocycles. The molecule has 1 aromatic rings. The van der Waals surface area contributed by atoms with Crippen LogP contribution >= 0.6 is 15.9 Å². The third-order valence-electron chi connectivity index (χ3n) is 2.89. The summed E-state index contributed by atoms with van der Waals surface area (Å²) in [7, 11) is 1.65. The second kappa shape index (κ2) is 7.01. The van der Waals surface area contributed by atoms with Crippen molar-refractivity contribution in [1.29, 1.82) is 0 Å². The molecule has 0 bridgehead atoms. The topological polar surface area (TPSA) is 38.3 Å². The number of carbonyl (C=O) groups excluding carboxylic acids is 1. The number of carbonyl (C=O) groups is 1. The first-order valence-corrected chi connectivity index (χ1v) is 6.87. The zero-order valence-corrected chi connectivity index (χ0v) is 13.0. The number of amides is 1. The van der Waals surface area contributed by atoms with Gasteiger partial charge in [-0.05, 0) is 46.0 Å². The van der Waals surface area contributed by atoms with Crippen molar-refractivity contribution >= 4 is 21.8 Å². The summed E-state index contributed by atoms with van der Waals surface area (Å²) in [4.78, 5) is 11.9. The zero-order chi connectivity index (χ0) is 14.5. The summed E-state index contributed by atoms with van der Waals surface area (Å²) in [6.07, 6.45) is 0.846. The minimum absolute atomic E-state index is 0.0560. The molecule has 0 radical (unpaired) electrons. The SMILES string of the molecule is COCCC(C)(C)CNC(=O)c1ccc(Br)c(F)c1. The number of halogens is 2. The lowest BCUT2D eigenvalue weighted by atomic mass is 9.89. The molecule has 1 N–H and O–H groups in total. The van der Waals surface area contributed by atoms with E-state index >= 15 is 0 Å². The third-order valence-corrected chi connectivity index (χ3v) is 3.54. The standard InChI is InChI=1S/C14H19BrFNO2/c1-14(2,6-7-19-3)9-17-13(18)10-4-5-11(15)12(16)8-10/h4-5,8H,6-7,9H2,1-3H3,(H,17,18). The van der Waals surface area contributed by atoms with Crippen LogP contribution in [0.5, 0.6) is 0 Å². The molecule has 0 saturated carbocycles. The molecule has 0 unspecified atom stereocenters. The minimum atomic E-state index is -0.439. The fraction of sp³-hybridized carbons (Fsp3) is 0.500. The van der Waals surface area contributed by atoms with Gasteiger partial charge in [-0.3, -0.25) is 4.79 Å². The molecule has 0 aromatic heterocycles. The Hall–Kier alpha value is -0.940.